The zero-order valence-corrected chi connectivity index (χ0v) is 10.6. The van der Waals surface area contributed by atoms with Crippen LogP contribution in [-0.4, -0.2) is 29.4 Å². The molecule has 106 valence electrons. The van der Waals surface area contributed by atoms with Gasteiger partial charge in [0, 0.05) is 0 Å². The number of benzene rings is 1. The Balaban J connectivity index is 2.58. The average molecular weight is 280 g/mol. The molecule has 0 aliphatic rings. The fourth-order valence-corrected chi connectivity index (χ4v) is 1.69. The molecule has 7 heteroatoms. The van der Waals surface area contributed by atoms with E-state index in [1.807, 2.05) is 0 Å². The van der Waals surface area contributed by atoms with E-state index in [-0.39, 0.29) is 34.8 Å². The van der Waals surface area contributed by atoms with Gasteiger partial charge in [-0.05, 0) is 19.1 Å². The normalized spacial score (nSPS) is 10.4. The van der Waals surface area contributed by atoms with Crippen LogP contribution < -0.4 is 15.1 Å². The number of para-hydroxylation sites is 1. The zero-order chi connectivity index (χ0) is 14.7. The summed E-state index contributed by atoms with van der Waals surface area (Å²) in [6.45, 7) is 1.27. The summed E-state index contributed by atoms with van der Waals surface area (Å²) >= 11 is 0. The smallest absolute Gasteiger partial charge is 0.383 e. The summed E-state index contributed by atoms with van der Waals surface area (Å²) in [6, 6.07) is 4.48. The third-order valence-electron chi connectivity index (χ3n) is 2.47. The summed E-state index contributed by atoms with van der Waals surface area (Å²) in [6.07, 6.45) is 0. The second kappa shape index (κ2) is 5.52. The molecule has 1 heterocycles. The fourth-order valence-electron chi connectivity index (χ4n) is 1.69. The van der Waals surface area contributed by atoms with Crippen molar-refractivity contribution in [1.82, 2.24) is 0 Å². The van der Waals surface area contributed by atoms with Crippen molar-refractivity contribution in [1.29, 1.82) is 0 Å². The standard InChI is InChI=1S/C13H12O7/c1-2-18-12-10(16)7-4-3-5-8(19-6-9(14)15)11(7)20-13(12)17/h3-5,16H,2,6H2,1H3,(H,14,15). The third kappa shape index (κ3) is 2.51. The van der Waals surface area contributed by atoms with Crippen LogP contribution in [0.15, 0.2) is 27.4 Å². The van der Waals surface area contributed by atoms with Crippen molar-refractivity contribution in [3.05, 3.63) is 28.6 Å². The summed E-state index contributed by atoms with van der Waals surface area (Å²) in [5.74, 6) is -1.76. The van der Waals surface area contributed by atoms with E-state index < -0.39 is 18.2 Å². The van der Waals surface area contributed by atoms with Crippen LogP contribution in [0.5, 0.6) is 17.2 Å². The maximum atomic E-state index is 11.7. The van der Waals surface area contributed by atoms with Crippen LogP contribution in [0.1, 0.15) is 6.92 Å². The zero-order valence-electron chi connectivity index (χ0n) is 10.6. The van der Waals surface area contributed by atoms with Crippen LogP contribution in [0.2, 0.25) is 0 Å². The number of hydrogen-bond acceptors (Lipinski definition) is 6. The summed E-state index contributed by atoms with van der Waals surface area (Å²) < 4.78 is 15.1. The maximum Gasteiger partial charge on any atom is 0.383 e. The lowest BCUT2D eigenvalue weighted by atomic mass is 10.2. The number of carboxylic acids is 1. The molecule has 0 aliphatic heterocycles. The van der Waals surface area contributed by atoms with Gasteiger partial charge in [-0.3, -0.25) is 0 Å². The van der Waals surface area contributed by atoms with E-state index in [0.29, 0.717) is 0 Å². The Morgan fingerprint density at radius 2 is 2.10 bits per heavy atom. The highest BCUT2D eigenvalue weighted by molar-refractivity contribution is 5.89. The number of aliphatic carboxylic acids is 1. The molecule has 0 radical (unpaired) electrons. The quantitative estimate of drug-likeness (QED) is 0.796. The molecule has 0 atom stereocenters. The van der Waals surface area contributed by atoms with Gasteiger partial charge in [0.25, 0.3) is 0 Å². The SMILES string of the molecule is CCOc1c(O)c2cccc(OCC(=O)O)c2oc1=O. The van der Waals surface area contributed by atoms with Crippen molar-refractivity contribution in [3.63, 3.8) is 0 Å². The molecular weight excluding hydrogens is 268 g/mol. The van der Waals surface area contributed by atoms with Crippen LogP contribution in [0.3, 0.4) is 0 Å². The topological polar surface area (TPSA) is 106 Å². The Bertz CT molecular complexity index is 702. The molecule has 0 spiro atoms. The predicted molar refractivity (Wildman–Crippen MR) is 68.4 cm³/mol. The summed E-state index contributed by atoms with van der Waals surface area (Å²) in [4.78, 5) is 22.2. The lowest BCUT2D eigenvalue weighted by molar-refractivity contribution is -0.139. The van der Waals surface area contributed by atoms with Gasteiger partial charge in [-0.2, -0.15) is 0 Å². The second-order valence-corrected chi connectivity index (χ2v) is 3.82. The number of fused-ring (bicyclic) bond motifs is 1. The minimum absolute atomic E-state index is 0.0281. The van der Waals surface area contributed by atoms with Gasteiger partial charge in [-0.15, -0.1) is 0 Å². The highest BCUT2D eigenvalue weighted by Crippen LogP contribution is 2.35. The number of aromatic hydroxyl groups is 1. The number of rotatable bonds is 5. The van der Waals surface area contributed by atoms with Gasteiger partial charge in [0.05, 0.1) is 12.0 Å². The lowest BCUT2D eigenvalue weighted by Gasteiger charge is -2.09. The average Bonchev–Trinajstić information content (AvgIpc) is 2.41. The molecule has 0 unspecified atom stereocenters. The van der Waals surface area contributed by atoms with Crippen molar-refractivity contribution in [2.75, 3.05) is 13.2 Å². The molecule has 1 aromatic carbocycles. The first-order valence-electron chi connectivity index (χ1n) is 5.80. The van der Waals surface area contributed by atoms with E-state index in [0.717, 1.165) is 0 Å². The van der Waals surface area contributed by atoms with Gasteiger partial charge in [-0.25, -0.2) is 9.59 Å². The van der Waals surface area contributed by atoms with Crippen LogP contribution >= 0.6 is 0 Å². The lowest BCUT2D eigenvalue weighted by Crippen LogP contribution is -2.11. The summed E-state index contributed by atoms with van der Waals surface area (Å²) in [7, 11) is 0. The van der Waals surface area contributed by atoms with Crippen LogP contribution in [0, 0.1) is 0 Å². The molecule has 0 amide bonds. The van der Waals surface area contributed by atoms with Gasteiger partial charge >= 0.3 is 11.6 Å². The van der Waals surface area contributed by atoms with Crippen LogP contribution in [0.4, 0.5) is 0 Å². The molecule has 20 heavy (non-hydrogen) atoms. The maximum absolute atomic E-state index is 11.7. The van der Waals surface area contributed by atoms with E-state index in [1.165, 1.54) is 18.2 Å². The first kappa shape index (κ1) is 13.7. The minimum Gasteiger partial charge on any atom is -0.504 e. The molecule has 0 bridgehead atoms. The minimum atomic E-state index is -1.17. The van der Waals surface area contributed by atoms with Crippen LogP contribution in [-0.2, 0) is 4.79 Å². The molecule has 1 aromatic heterocycles. The highest BCUT2D eigenvalue weighted by Gasteiger charge is 2.18. The second-order valence-electron chi connectivity index (χ2n) is 3.82. The Hall–Kier alpha value is -2.70. The molecule has 2 rings (SSSR count). The first-order valence-corrected chi connectivity index (χ1v) is 5.80. The van der Waals surface area contributed by atoms with E-state index in [4.69, 9.17) is 19.0 Å². The van der Waals surface area contributed by atoms with Gasteiger partial charge in [0.1, 0.15) is 0 Å². The van der Waals surface area contributed by atoms with Crippen molar-refractivity contribution in [2.24, 2.45) is 0 Å². The number of carboxylic acid groups (broad SMARTS) is 1. The van der Waals surface area contributed by atoms with Crippen molar-refractivity contribution in [3.8, 4) is 17.2 Å². The Morgan fingerprint density at radius 1 is 1.35 bits per heavy atom. The van der Waals surface area contributed by atoms with E-state index in [9.17, 15) is 14.7 Å². The molecule has 0 saturated carbocycles. The van der Waals surface area contributed by atoms with Crippen molar-refractivity contribution < 1.29 is 28.9 Å². The molecule has 2 N–H and O–H groups in total. The first-order chi connectivity index (χ1) is 9.54. The van der Waals surface area contributed by atoms with E-state index in [1.54, 1.807) is 6.92 Å². The molecular formula is C13H12O7. The molecule has 0 saturated heterocycles. The fraction of sp³-hybridized carbons (Fsp3) is 0.231. The third-order valence-corrected chi connectivity index (χ3v) is 2.47. The highest BCUT2D eigenvalue weighted by atomic mass is 16.5. The molecule has 0 fully saturated rings. The number of carbonyl (C=O) groups is 1. The largest absolute Gasteiger partial charge is 0.504 e. The van der Waals surface area contributed by atoms with Crippen LogP contribution in [0.25, 0.3) is 11.0 Å². The summed E-state index contributed by atoms with van der Waals surface area (Å²) in [5.41, 5.74) is -0.886. The molecule has 2 aromatic rings. The van der Waals surface area contributed by atoms with Gasteiger partial charge in [0.2, 0.25) is 5.75 Å². The van der Waals surface area contributed by atoms with Gasteiger partial charge in [0.15, 0.2) is 23.7 Å². The number of ether oxygens (including phenoxy) is 2. The van der Waals surface area contributed by atoms with Gasteiger partial charge in [-0.1, -0.05) is 6.07 Å². The van der Waals surface area contributed by atoms with Gasteiger partial charge < -0.3 is 24.1 Å². The Morgan fingerprint density at radius 3 is 2.75 bits per heavy atom. The summed E-state index contributed by atoms with van der Waals surface area (Å²) in [5, 5.41) is 18.8. The molecule has 7 nitrogen and oxygen atoms in total. The van der Waals surface area contributed by atoms with Crippen molar-refractivity contribution >= 4 is 16.9 Å². The molecule has 0 aliphatic carbocycles. The van der Waals surface area contributed by atoms with E-state index >= 15 is 0 Å². The number of hydrogen-bond donors (Lipinski definition) is 2. The monoisotopic (exact) mass is 280 g/mol. The predicted octanol–water partition coefficient (Wildman–Crippen LogP) is 1.36. The van der Waals surface area contributed by atoms with E-state index in [2.05, 4.69) is 0 Å². The Kier molecular flexibility index (Phi) is 3.79. The Labute approximate surface area is 113 Å². The van der Waals surface area contributed by atoms with Crippen molar-refractivity contribution in [2.45, 2.75) is 6.92 Å².